The van der Waals surface area contributed by atoms with Crippen LogP contribution in [-0.4, -0.2) is 7.85 Å². The number of halogens is 2. The van der Waals surface area contributed by atoms with Gasteiger partial charge in [-0.05, 0) is 25.7 Å². The van der Waals surface area contributed by atoms with E-state index in [4.69, 9.17) is 0 Å². The van der Waals surface area contributed by atoms with Crippen molar-refractivity contribution >= 4 is 45.2 Å². The Bertz CT molecular complexity index is 174. The van der Waals surface area contributed by atoms with E-state index in [1.54, 1.807) is 0 Å². The Kier molecular flexibility index (Phi) is 12.8. The van der Waals surface area contributed by atoms with E-state index in [2.05, 4.69) is 45.2 Å². The lowest BCUT2D eigenvalue weighted by molar-refractivity contribution is 0.552. The molecule has 0 bridgehead atoms. The SMILES string of the molecule is IC1CCCCCCCCC(I)CCCCCCC1. The van der Waals surface area contributed by atoms with Gasteiger partial charge in [-0.1, -0.05) is 116 Å². The normalized spacial score (nSPS) is 30.6. The first-order valence-corrected chi connectivity index (χ1v) is 11.1. The van der Waals surface area contributed by atoms with Crippen molar-refractivity contribution in [3.63, 3.8) is 0 Å². The van der Waals surface area contributed by atoms with Crippen molar-refractivity contribution in [3.05, 3.63) is 0 Å². The third kappa shape index (κ3) is 11.8. The van der Waals surface area contributed by atoms with Crippen molar-refractivity contribution in [2.24, 2.45) is 0 Å². The summed E-state index contributed by atoms with van der Waals surface area (Å²) in [6.07, 6.45) is 22.1. The van der Waals surface area contributed by atoms with Crippen molar-refractivity contribution in [2.75, 3.05) is 0 Å². The molecule has 0 aliphatic heterocycles. The van der Waals surface area contributed by atoms with Crippen LogP contribution >= 0.6 is 45.2 Å². The van der Waals surface area contributed by atoms with Gasteiger partial charge in [-0.3, -0.25) is 0 Å². The molecule has 1 aliphatic rings. The molecule has 0 nitrogen and oxygen atoms in total. The number of rotatable bonds is 0. The summed E-state index contributed by atoms with van der Waals surface area (Å²) in [6.45, 7) is 0. The summed E-state index contributed by atoms with van der Waals surface area (Å²) in [7, 11) is 0. The zero-order chi connectivity index (χ0) is 13.8. The minimum Gasteiger partial charge on any atom is -0.0826 e. The highest BCUT2D eigenvalue weighted by molar-refractivity contribution is 14.1. The largest absolute Gasteiger partial charge is 0.0826 e. The van der Waals surface area contributed by atoms with Crippen LogP contribution in [0.5, 0.6) is 0 Å². The first-order valence-electron chi connectivity index (χ1n) is 8.57. The summed E-state index contributed by atoms with van der Waals surface area (Å²) in [5.74, 6) is 0. The highest BCUT2D eigenvalue weighted by Gasteiger charge is 2.06. The van der Waals surface area contributed by atoms with E-state index in [0.29, 0.717) is 0 Å². The van der Waals surface area contributed by atoms with Gasteiger partial charge in [0.15, 0.2) is 0 Å². The maximum absolute atomic E-state index is 2.69. The lowest BCUT2D eigenvalue weighted by Gasteiger charge is -2.09. The van der Waals surface area contributed by atoms with Crippen LogP contribution in [0.2, 0.25) is 0 Å². The van der Waals surface area contributed by atoms with Crippen molar-refractivity contribution in [2.45, 2.75) is 104 Å². The molecular weight excluding hydrogens is 458 g/mol. The van der Waals surface area contributed by atoms with E-state index in [9.17, 15) is 0 Å². The van der Waals surface area contributed by atoms with Gasteiger partial charge in [0.1, 0.15) is 0 Å². The van der Waals surface area contributed by atoms with Gasteiger partial charge in [-0.2, -0.15) is 0 Å². The van der Waals surface area contributed by atoms with Crippen LogP contribution in [0.25, 0.3) is 0 Å². The monoisotopic (exact) mass is 490 g/mol. The zero-order valence-electron chi connectivity index (χ0n) is 12.5. The lowest BCUT2D eigenvalue weighted by atomic mass is 10.0. The average Bonchev–Trinajstić information content (AvgIpc) is 2.40. The van der Waals surface area contributed by atoms with Gasteiger partial charge in [0.25, 0.3) is 0 Å². The Hall–Kier alpha value is 1.46. The molecule has 114 valence electrons. The molecule has 0 saturated heterocycles. The van der Waals surface area contributed by atoms with Gasteiger partial charge in [-0.15, -0.1) is 0 Å². The third-order valence-electron chi connectivity index (χ3n) is 4.32. The second-order valence-corrected chi connectivity index (χ2v) is 9.76. The quantitative estimate of drug-likeness (QED) is 0.244. The Labute approximate surface area is 148 Å². The third-order valence-corrected chi connectivity index (χ3v) is 6.81. The van der Waals surface area contributed by atoms with Crippen LogP contribution in [0.3, 0.4) is 0 Å². The topological polar surface area (TPSA) is 0 Å². The van der Waals surface area contributed by atoms with Crippen molar-refractivity contribution in [1.82, 2.24) is 0 Å². The fraction of sp³-hybridized carbons (Fsp3) is 1.00. The van der Waals surface area contributed by atoms with E-state index in [0.717, 1.165) is 7.85 Å². The molecule has 0 aromatic carbocycles. The summed E-state index contributed by atoms with van der Waals surface area (Å²) in [4.78, 5) is 0. The van der Waals surface area contributed by atoms with Gasteiger partial charge in [0, 0.05) is 7.85 Å². The fourth-order valence-electron chi connectivity index (χ4n) is 2.99. The molecule has 0 radical (unpaired) electrons. The van der Waals surface area contributed by atoms with Gasteiger partial charge >= 0.3 is 0 Å². The number of hydrogen-bond acceptors (Lipinski definition) is 0. The predicted octanol–water partition coefficient (Wildman–Crippen LogP) is 7.46. The van der Waals surface area contributed by atoms with Crippen LogP contribution in [0.1, 0.15) is 96.3 Å². The van der Waals surface area contributed by atoms with E-state index < -0.39 is 0 Å². The highest BCUT2D eigenvalue weighted by Crippen LogP contribution is 2.22. The van der Waals surface area contributed by atoms with E-state index in [-0.39, 0.29) is 0 Å². The molecule has 0 heterocycles. The van der Waals surface area contributed by atoms with Crippen molar-refractivity contribution in [3.8, 4) is 0 Å². The maximum atomic E-state index is 2.69. The van der Waals surface area contributed by atoms with Crippen LogP contribution in [0.4, 0.5) is 0 Å². The summed E-state index contributed by atoms with van der Waals surface area (Å²) < 4.78 is 1.90. The summed E-state index contributed by atoms with van der Waals surface area (Å²) in [5, 5.41) is 0. The molecule has 1 rings (SSSR count). The molecule has 1 fully saturated rings. The molecule has 2 unspecified atom stereocenters. The second-order valence-electron chi connectivity index (χ2n) is 6.24. The smallest absolute Gasteiger partial charge is 0.0110 e. The van der Waals surface area contributed by atoms with Crippen LogP contribution in [0, 0.1) is 0 Å². The molecule has 2 heteroatoms. The van der Waals surface area contributed by atoms with Crippen LogP contribution < -0.4 is 0 Å². The first kappa shape index (κ1) is 18.5. The van der Waals surface area contributed by atoms with E-state index >= 15 is 0 Å². The van der Waals surface area contributed by atoms with Crippen LogP contribution in [0.15, 0.2) is 0 Å². The first-order chi connectivity index (χ1) is 9.29. The summed E-state index contributed by atoms with van der Waals surface area (Å²) >= 11 is 5.38. The zero-order valence-corrected chi connectivity index (χ0v) is 16.8. The van der Waals surface area contributed by atoms with Crippen molar-refractivity contribution in [1.29, 1.82) is 0 Å². The summed E-state index contributed by atoms with van der Waals surface area (Å²) in [5.41, 5.74) is 0. The van der Waals surface area contributed by atoms with Crippen LogP contribution in [-0.2, 0) is 0 Å². The molecule has 19 heavy (non-hydrogen) atoms. The fourth-order valence-corrected chi connectivity index (χ4v) is 4.75. The van der Waals surface area contributed by atoms with Crippen molar-refractivity contribution < 1.29 is 0 Å². The maximum Gasteiger partial charge on any atom is 0.0110 e. The predicted molar refractivity (Wildman–Crippen MR) is 105 cm³/mol. The lowest BCUT2D eigenvalue weighted by Crippen LogP contribution is -1.98. The van der Waals surface area contributed by atoms with Gasteiger partial charge in [0.2, 0.25) is 0 Å². The minimum atomic E-state index is 0.951. The van der Waals surface area contributed by atoms with E-state index in [1.807, 2.05) is 0 Å². The highest BCUT2D eigenvalue weighted by atomic mass is 127. The Morgan fingerprint density at radius 1 is 0.368 bits per heavy atom. The molecule has 1 aliphatic carbocycles. The number of hydrogen-bond donors (Lipinski definition) is 0. The molecule has 0 aromatic heterocycles. The molecule has 0 aromatic rings. The van der Waals surface area contributed by atoms with Gasteiger partial charge < -0.3 is 0 Å². The average molecular weight is 490 g/mol. The molecule has 1 saturated carbocycles. The molecule has 0 spiro atoms. The van der Waals surface area contributed by atoms with Gasteiger partial charge in [0.05, 0.1) is 0 Å². The Balaban J connectivity index is 2.17. The Morgan fingerprint density at radius 3 is 0.842 bits per heavy atom. The number of alkyl halides is 2. The summed E-state index contributed by atoms with van der Waals surface area (Å²) in [6, 6.07) is 0. The minimum absolute atomic E-state index is 0.951. The molecule has 2 atom stereocenters. The molecule has 0 amide bonds. The van der Waals surface area contributed by atoms with Gasteiger partial charge in [-0.25, -0.2) is 0 Å². The second kappa shape index (κ2) is 13.1. The Morgan fingerprint density at radius 2 is 0.579 bits per heavy atom. The van der Waals surface area contributed by atoms with E-state index in [1.165, 1.54) is 96.3 Å². The molecule has 0 N–H and O–H groups in total. The molecular formula is C17H32I2. The standard InChI is InChI=1S/C17H32I2/c18-16-12-8-4-1-2-5-9-13-17(19)15-11-7-3-6-10-14-16/h16-17H,1-15H2.